The molecular formula is C14H18BrFN4. The predicted molar refractivity (Wildman–Crippen MR) is 82.2 cm³/mol. The van der Waals surface area contributed by atoms with E-state index < -0.39 is 0 Å². The molecule has 0 spiro atoms. The second kappa shape index (κ2) is 5.33. The number of imidazole rings is 1. The van der Waals surface area contributed by atoms with Gasteiger partial charge < -0.3 is 15.2 Å². The second-order valence-corrected chi connectivity index (χ2v) is 6.31. The Bertz CT molecular complexity index is 634. The van der Waals surface area contributed by atoms with Crippen molar-refractivity contribution in [3.8, 4) is 0 Å². The minimum atomic E-state index is -0.285. The van der Waals surface area contributed by atoms with E-state index in [1.165, 1.54) is 18.9 Å². The van der Waals surface area contributed by atoms with Crippen LogP contribution in [0.25, 0.3) is 11.0 Å². The van der Waals surface area contributed by atoms with E-state index in [-0.39, 0.29) is 11.9 Å². The molecule has 0 amide bonds. The van der Waals surface area contributed by atoms with Crippen molar-refractivity contribution >= 4 is 32.9 Å². The van der Waals surface area contributed by atoms with E-state index in [1.54, 1.807) is 6.07 Å². The summed E-state index contributed by atoms with van der Waals surface area (Å²) in [5, 5.41) is 0. The van der Waals surface area contributed by atoms with Crippen LogP contribution in [-0.4, -0.2) is 34.1 Å². The van der Waals surface area contributed by atoms with Gasteiger partial charge in [-0.3, -0.25) is 0 Å². The van der Waals surface area contributed by atoms with E-state index in [0.717, 1.165) is 30.7 Å². The van der Waals surface area contributed by atoms with Crippen molar-refractivity contribution in [3.63, 3.8) is 0 Å². The van der Waals surface area contributed by atoms with E-state index >= 15 is 0 Å². The average Bonchev–Trinajstić information content (AvgIpc) is 2.97. The predicted octanol–water partition coefficient (Wildman–Crippen LogP) is 3.18. The molecule has 1 atom stereocenters. The summed E-state index contributed by atoms with van der Waals surface area (Å²) in [7, 11) is 0. The molecule has 1 aliphatic rings. The molecule has 1 fully saturated rings. The van der Waals surface area contributed by atoms with Gasteiger partial charge >= 0.3 is 0 Å². The molecule has 3 rings (SSSR count). The molecule has 4 nitrogen and oxygen atoms in total. The largest absolute Gasteiger partial charge is 0.369 e. The lowest BCUT2D eigenvalue weighted by Gasteiger charge is -2.22. The molecule has 1 aliphatic heterocycles. The number of nitrogens with two attached hydrogens (primary N) is 1. The van der Waals surface area contributed by atoms with Crippen LogP contribution in [0.1, 0.15) is 25.8 Å². The molecule has 1 saturated heterocycles. The van der Waals surface area contributed by atoms with Crippen LogP contribution in [0.3, 0.4) is 0 Å². The molecule has 20 heavy (non-hydrogen) atoms. The Hall–Kier alpha value is -1.14. The highest BCUT2D eigenvalue weighted by Gasteiger charge is 2.20. The van der Waals surface area contributed by atoms with E-state index in [4.69, 9.17) is 5.73 Å². The molecule has 0 radical (unpaired) electrons. The highest BCUT2D eigenvalue weighted by molar-refractivity contribution is 9.10. The minimum Gasteiger partial charge on any atom is -0.369 e. The smallest absolute Gasteiger partial charge is 0.201 e. The van der Waals surface area contributed by atoms with Crippen LogP contribution in [0.5, 0.6) is 0 Å². The minimum absolute atomic E-state index is 0.179. The molecule has 0 aliphatic carbocycles. The average molecular weight is 341 g/mol. The summed E-state index contributed by atoms with van der Waals surface area (Å²) >= 11 is 3.18. The number of benzene rings is 1. The molecule has 1 unspecified atom stereocenters. The number of fused-ring (bicyclic) bond motifs is 1. The third kappa shape index (κ3) is 2.42. The van der Waals surface area contributed by atoms with Crippen molar-refractivity contribution in [1.82, 2.24) is 14.5 Å². The first-order valence-electron chi connectivity index (χ1n) is 6.91. The molecule has 2 aromatic rings. The SMILES string of the molecule is CC(CN1CCCC1)n1c(N)nc2cc(Br)c(F)cc21. The van der Waals surface area contributed by atoms with Gasteiger partial charge in [-0.25, -0.2) is 9.37 Å². The number of rotatable bonds is 3. The topological polar surface area (TPSA) is 47.1 Å². The van der Waals surface area contributed by atoms with Crippen LogP contribution in [0.15, 0.2) is 16.6 Å². The number of nitrogens with zero attached hydrogens (tertiary/aromatic N) is 3. The Balaban J connectivity index is 1.97. The van der Waals surface area contributed by atoms with Crippen LogP contribution in [-0.2, 0) is 0 Å². The normalized spacial score (nSPS) is 17.9. The summed E-state index contributed by atoms with van der Waals surface area (Å²) in [4.78, 5) is 6.76. The fourth-order valence-corrected chi connectivity index (χ4v) is 3.32. The van der Waals surface area contributed by atoms with Gasteiger partial charge in [0.1, 0.15) is 5.82 Å². The Morgan fingerprint density at radius 2 is 2.10 bits per heavy atom. The van der Waals surface area contributed by atoms with Crippen molar-refractivity contribution < 1.29 is 4.39 Å². The number of likely N-dealkylation sites (tertiary alicyclic amines) is 1. The van der Waals surface area contributed by atoms with Crippen LogP contribution in [0.4, 0.5) is 10.3 Å². The first kappa shape index (κ1) is 13.8. The highest BCUT2D eigenvalue weighted by atomic mass is 79.9. The molecule has 1 aromatic carbocycles. The van der Waals surface area contributed by atoms with Crippen molar-refractivity contribution in [1.29, 1.82) is 0 Å². The molecule has 2 heterocycles. The molecule has 1 aromatic heterocycles. The number of nitrogen functional groups attached to an aromatic ring is 1. The third-order valence-corrected chi connectivity index (χ3v) is 4.53. The zero-order chi connectivity index (χ0) is 14.3. The van der Waals surface area contributed by atoms with Gasteiger partial charge in [0.15, 0.2) is 0 Å². The van der Waals surface area contributed by atoms with Gasteiger partial charge in [-0.15, -0.1) is 0 Å². The van der Waals surface area contributed by atoms with Gasteiger partial charge in [-0.05, 0) is 54.9 Å². The maximum Gasteiger partial charge on any atom is 0.201 e. The van der Waals surface area contributed by atoms with Gasteiger partial charge in [0.25, 0.3) is 0 Å². The Morgan fingerprint density at radius 1 is 1.40 bits per heavy atom. The number of hydrogen-bond acceptors (Lipinski definition) is 3. The Kier molecular flexibility index (Phi) is 3.69. The lowest BCUT2D eigenvalue weighted by molar-refractivity contribution is 0.291. The number of halogens is 2. The highest BCUT2D eigenvalue weighted by Crippen LogP contribution is 2.28. The Morgan fingerprint density at radius 3 is 2.80 bits per heavy atom. The van der Waals surface area contributed by atoms with E-state index in [2.05, 4.69) is 32.7 Å². The summed E-state index contributed by atoms with van der Waals surface area (Å²) in [6.45, 7) is 5.30. The van der Waals surface area contributed by atoms with E-state index in [0.29, 0.717) is 10.4 Å². The number of anilines is 1. The van der Waals surface area contributed by atoms with Gasteiger partial charge in [-0.1, -0.05) is 0 Å². The summed E-state index contributed by atoms with van der Waals surface area (Å²) < 4.78 is 16.1. The standard InChI is InChI=1S/C14H18BrFN4/c1-9(8-19-4-2-3-5-19)20-13-7-11(16)10(15)6-12(13)18-14(20)17/h6-7,9H,2-5,8H2,1H3,(H2,17,18). The molecular weight excluding hydrogens is 323 g/mol. The van der Waals surface area contributed by atoms with Gasteiger partial charge in [0.2, 0.25) is 5.95 Å². The van der Waals surface area contributed by atoms with E-state index in [1.807, 2.05) is 4.57 Å². The van der Waals surface area contributed by atoms with Crippen molar-refractivity contribution in [2.75, 3.05) is 25.4 Å². The van der Waals surface area contributed by atoms with Crippen LogP contribution < -0.4 is 5.73 Å². The lowest BCUT2D eigenvalue weighted by atomic mass is 10.2. The number of aromatic nitrogens is 2. The van der Waals surface area contributed by atoms with Crippen LogP contribution in [0.2, 0.25) is 0 Å². The summed E-state index contributed by atoms with van der Waals surface area (Å²) in [5.74, 6) is 0.163. The quantitative estimate of drug-likeness (QED) is 0.933. The fourth-order valence-electron chi connectivity index (χ4n) is 2.99. The molecule has 0 saturated carbocycles. The zero-order valence-electron chi connectivity index (χ0n) is 11.4. The maximum absolute atomic E-state index is 13.8. The molecule has 6 heteroatoms. The number of hydrogen-bond donors (Lipinski definition) is 1. The van der Waals surface area contributed by atoms with Gasteiger partial charge in [0, 0.05) is 18.7 Å². The fraction of sp³-hybridized carbons (Fsp3) is 0.500. The first-order valence-corrected chi connectivity index (χ1v) is 7.70. The van der Waals surface area contributed by atoms with E-state index in [9.17, 15) is 4.39 Å². The molecule has 108 valence electrons. The van der Waals surface area contributed by atoms with Gasteiger partial charge in [-0.2, -0.15) is 0 Å². The summed E-state index contributed by atoms with van der Waals surface area (Å²) in [6.07, 6.45) is 2.52. The monoisotopic (exact) mass is 340 g/mol. The lowest BCUT2D eigenvalue weighted by Crippen LogP contribution is -2.27. The zero-order valence-corrected chi connectivity index (χ0v) is 13.0. The summed E-state index contributed by atoms with van der Waals surface area (Å²) in [6, 6.07) is 3.36. The Labute approximate surface area is 125 Å². The van der Waals surface area contributed by atoms with Crippen LogP contribution in [0, 0.1) is 5.82 Å². The van der Waals surface area contributed by atoms with Gasteiger partial charge in [0.05, 0.1) is 15.5 Å². The first-order chi connectivity index (χ1) is 9.56. The van der Waals surface area contributed by atoms with Crippen molar-refractivity contribution in [2.24, 2.45) is 0 Å². The molecule has 0 bridgehead atoms. The maximum atomic E-state index is 13.8. The third-order valence-electron chi connectivity index (χ3n) is 3.92. The molecule has 2 N–H and O–H groups in total. The van der Waals surface area contributed by atoms with Crippen molar-refractivity contribution in [2.45, 2.75) is 25.8 Å². The second-order valence-electron chi connectivity index (χ2n) is 5.45. The van der Waals surface area contributed by atoms with Crippen molar-refractivity contribution in [3.05, 3.63) is 22.4 Å². The summed E-state index contributed by atoms with van der Waals surface area (Å²) in [5.41, 5.74) is 7.51. The van der Waals surface area contributed by atoms with Crippen LogP contribution >= 0.6 is 15.9 Å².